The summed E-state index contributed by atoms with van der Waals surface area (Å²) in [6, 6.07) is 15.5. The Kier molecular flexibility index (Phi) is 8.66. The van der Waals surface area contributed by atoms with E-state index in [1.807, 2.05) is 0 Å². The average Bonchev–Trinajstić information content (AvgIpc) is 2.85. The second-order valence-corrected chi connectivity index (χ2v) is 7.65. The summed E-state index contributed by atoms with van der Waals surface area (Å²) in [5, 5.41) is 6.74. The van der Waals surface area contributed by atoms with Crippen molar-refractivity contribution < 1.29 is 28.6 Å². The molecule has 9 nitrogen and oxygen atoms in total. The summed E-state index contributed by atoms with van der Waals surface area (Å²) in [5.74, 6) is -1.56. The number of methoxy groups -OCH3 is 2. The van der Waals surface area contributed by atoms with Crippen molar-refractivity contribution >= 4 is 52.9 Å². The van der Waals surface area contributed by atoms with Gasteiger partial charge >= 0.3 is 17.8 Å². The van der Waals surface area contributed by atoms with Gasteiger partial charge in [-0.2, -0.15) is 5.10 Å². The molecule has 180 valence electrons. The first-order valence-corrected chi connectivity index (χ1v) is 10.7. The Morgan fingerprint density at radius 3 is 2.26 bits per heavy atom. The molecule has 2 amide bonds. The van der Waals surface area contributed by atoms with Crippen LogP contribution in [0.15, 0.2) is 65.8 Å². The molecule has 0 aliphatic rings. The molecule has 0 aromatic heterocycles. The fourth-order valence-electron chi connectivity index (χ4n) is 2.74. The Hall–Kier alpha value is -4.08. The van der Waals surface area contributed by atoms with Gasteiger partial charge in [0.2, 0.25) is 0 Å². The van der Waals surface area contributed by atoms with Gasteiger partial charge in [-0.05, 0) is 66.2 Å². The molecule has 0 aliphatic carbocycles. The van der Waals surface area contributed by atoms with Crippen LogP contribution in [0.2, 0.25) is 10.0 Å². The number of hydrogen-bond donors (Lipinski definition) is 2. The summed E-state index contributed by atoms with van der Waals surface area (Å²) in [7, 11) is 2.92. The van der Waals surface area contributed by atoms with Crippen molar-refractivity contribution in [2.45, 2.75) is 0 Å². The zero-order chi connectivity index (χ0) is 25.4. The van der Waals surface area contributed by atoms with Gasteiger partial charge in [0, 0.05) is 10.7 Å². The molecule has 0 fully saturated rings. The van der Waals surface area contributed by atoms with Crippen molar-refractivity contribution in [1.29, 1.82) is 0 Å². The van der Waals surface area contributed by atoms with E-state index in [2.05, 4.69) is 15.8 Å². The molecule has 0 bridgehead atoms. The number of halogens is 2. The summed E-state index contributed by atoms with van der Waals surface area (Å²) in [5.41, 5.74) is 3.19. The van der Waals surface area contributed by atoms with Gasteiger partial charge in [0.1, 0.15) is 5.75 Å². The summed E-state index contributed by atoms with van der Waals surface area (Å²) in [6.45, 7) is 0. The average molecular weight is 516 g/mol. The molecule has 0 atom stereocenters. The molecule has 0 aliphatic heterocycles. The highest BCUT2D eigenvalue weighted by atomic mass is 35.5. The quantitative estimate of drug-likeness (QED) is 0.159. The van der Waals surface area contributed by atoms with Crippen LogP contribution in [0.5, 0.6) is 17.2 Å². The first-order valence-electron chi connectivity index (χ1n) is 9.94. The number of nitrogens with one attached hydrogen (secondary N) is 2. The molecule has 0 spiro atoms. The SMILES string of the molecule is COc1ccc(NC(=O)C(=O)NN=Cc2ccc(OC(=O)c3ccc(Cl)cc3Cl)c(OC)c2)cc1. The van der Waals surface area contributed by atoms with E-state index in [1.165, 1.54) is 50.8 Å². The number of esters is 1. The van der Waals surface area contributed by atoms with Crippen LogP contribution in [0.1, 0.15) is 15.9 Å². The molecule has 3 aromatic rings. The van der Waals surface area contributed by atoms with Crippen LogP contribution in [0, 0.1) is 0 Å². The number of benzene rings is 3. The number of carbonyl (C=O) groups is 3. The lowest BCUT2D eigenvalue weighted by Crippen LogP contribution is -2.32. The van der Waals surface area contributed by atoms with E-state index in [1.54, 1.807) is 30.3 Å². The van der Waals surface area contributed by atoms with Crippen LogP contribution in [-0.2, 0) is 9.59 Å². The molecule has 11 heteroatoms. The maximum atomic E-state index is 12.4. The van der Waals surface area contributed by atoms with Crippen LogP contribution in [0.25, 0.3) is 0 Å². The summed E-state index contributed by atoms with van der Waals surface area (Å²) in [6.07, 6.45) is 1.29. The van der Waals surface area contributed by atoms with E-state index in [0.29, 0.717) is 22.0 Å². The summed E-state index contributed by atoms with van der Waals surface area (Å²) < 4.78 is 15.7. The zero-order valence-corrected chi connectivity index (χ0v) is 20.0. The van der Waals surface area contributed by atoms with E-state index in [9.17, 15) is 14.4 Å². The lowest BCUT2D eigenvalue weighted by Gasteiger charge is -2.10. The molecule has 0 saturated carbocycles. The second-order valence-electron chi connectivity index (χ2n) is 6.81. The molecule has 3 aromatic carbocycles. The Morgan fingerprint density at radius 2 is 1.60 bits per heavy atom. The maximum absolute atomic E-state index is 12.4. The van der Waals surface area contributed by atoms with Gasteiger partial charge < -0.3 is 19.5 Å². The number of anilines is 1. The topological polar surface area (TPSA) is 115 Å². The number of rotatable bonds is 7. The fourth-order valence-corrected chi connectivity index (χ4v) is 3.22. The van der Waals surface area contributed by atoms with Crippen molar-refractivity contribution in [3.8, 4) is 17.2 Å². The molecule has 2 N–H and O–H groups in total. The third-order valence-corrected chi connectivity index (χ3v) is 5.02. The number of ether oxygens (including phenoxy) is 3. The molecule has 0 heterocycles. The monoisotopic (exact) mass is 515 g/mol. The molecular weight excluding hydrogens is 497 g/mol. The van der Waals surface area contributed by atoms with E-state index >= 15 is 0 Å². The van der Waals surface area contributed by atoms with Gasteiger partial charge in [0.05, 0.1) is 31.0 Å². The van der Waals surface area contributed by atoms with Crippen LogP contribution in [-0.4, -0.2) is 38.2 Å². The Balaban J connectivity index is 1.60. The fraction of sp³-hybridized carbons (Fsp3) is 0.0833. The normalized spacial score (nSPS) is 10.5. The Labute approximate surface area is 210 Å². The minimum absolute atomic E-state index is 0.138. The summed E-state index contributed by atoms with van der Waals surface area (Å²) in [4.78, 5) is 36.4. The van der Waals surface area contributed by atoms with Crippen molar-refractivity contribution in [3.05, 3.63) is 81.8 Å². The zero-order valence-electron chi connectivity index (χ0n) is 18.5. The van der Waals surface area contributed by atoms with E-state index < -0.39 is 17.8 Å². The third kappa shape index (κ3) is 6.95. The second kappa shape index (κ2) is 11.9. The first-order chi connectivity index (χ1) is 16.8. The van der Waals surface area contributed by atoms with Crippen LogP contribution < -0.4 is 25.0 Å². The van der Waals surface area contributed by atoms with Crippen molar-refractivity contribution in [2.75, 3.05) is 19.5 Å². The molecular formula is C24H19Cl2N3O6. The van der Waals surface area contributed by atoms with Crippen molar-refractivity contribution in [1.82, 2.24) is 5.43 Å². The lowest BCUT2D eigenvalue weighted by atomic mass is 10.2. The van der Waals surface area contributed by atoms with Crippen LogP contribution >= 0.6 is 23.2 Å². The number of nitrogens with zero attached hydrogens (tertiary/aromatic N) is 1. The smallest absolute Gasteiger partial charge is 0.345 e. The largest absolute Gasteiger partial charge is 0.497 e. The van der Waals surface area contributed by atoms with Gasteiger partial charge in [-0.1, -0.05) is 23.2 Å². The summed E-state index contributed by atoms with van der Waals surface area (Å²) >= 11 is 11.9. The van der Waals surface area contributed by atoms with Gasteiger partial charge in [0.15, 0.2) is 11.5 Å². The Bertz CT molecular complexity index is 1280. The van der Waals surface area contributed by atoms with Gasteiger partial charge in [-0.15, -0.1) is 0 Å². The van der Waals surface area contributed by atoms with Gasteiger partial charge in [0.25, 0.3) is 0 Å². The minimum Gasteiger partial charge on any atom is -0.497 e. The third-order valence-electron chi connectivity index (χ3n) is 4.48. The highest BCUT2D eigenvalue weighted by Gasteiger charge is 2.16. The van der Waals surface area contributed by atoms with Crippen molar-refractivity contribution in [2.24, 2.45) is 5.10 Å². The van der Waals surface area contributed by atoms with E-state index in [4.69, 9.17) is 37.4 Å². The predicted molar refractivity (Wildman–Crippen MR) is 132 cm³/mol. The number of hydrazone groups is 1. The number of amides is 2. The van der Waals surface area contributed by atoms with Gasteiger partial charge in [-0.25, -0.2) is 10.2 Å². The lowest BCUT2D eigenvalue weighted by molar-refractivity contribution is -0.136. The van der Waals surface area contributed by atoms with Crippen molar-refractivity contribution in [3.63, 3.8) is 0 Å². The first kappa shape index (κ1) is 25.5. The molecule has 35 heavy (non-hydrogen) atoms. The van der Waals surface area contributed by atoms with E-state index in [0.717, 1.165) is 0 Å². The standard InChI is InChI=1S/C24H19Cl2N3O6/c1-33-17-7-5-16(6-8-17)28-22(30)23(31)29-27-13-14-3-10-20(21(11-14)34-2)35-24(32)18-9-4-15(25)12-19(18)26/h3-13H,1-2H3,(H,28,30)(H,29,31). The van der Waals surface area contributed by atoms with Crippen LogP contribution in [0.4, 0.5) is 5.69 Å². The molecule has 0 saturated heterocycles. The van der Waals surface area contributed by atoms with Gasteiger partial charge in [-0.3, -0.25) is 9.59 Å². The molecule has 0 radical (unpaired) electrons. The minimum atomic E-state index is -0.963. The maximum Gasteiger partial charge on any atom is 0.345 e. The van der Waals surface area contributed by atoms with E-state index in [-0.39, 0.29) is 22.1 Å². The molecule has 0 unspecified atom stereocenters. The number of carbonyl (C=O) groups excluding carboxylic acids is 3. The highest BCUT2D eigenvalue weighted by molar-refractivity contribution is 6.39. The highest BCUT2D eigenvalue weighted by Crippen LogP contribution is 2.30. The number of hydrogen-bond acceptors (Lipinski definition) is 7. The predicted octanol–water partition coefficient (Wildman–Crippen LogP) is 4.32. The van der Waals surface area contributed by atoms with Crippen LogP contribution in [0.3, 0.4) is 0 Å². The molecule has 3 rings (SSSR count). The Morgan fingerprint density at radius 1 is 0.857 bits per heavy atom.